The average Bonchev–Trinajstić information content (AvgIpc) is 2.01. The molecule has 1 aromatic rings. The van der Waals surface area contributed by atoms with Crippen molar-refractivity contribution in [3.63, 3.8) is 0 Å². The van der Waals surface area contributed by atoms with Crippen molar-refractivity contribution in [3.05, 3.63) is 29.6 Å². The number of benzene rings is 1. The number of hydrogen-bond donors (Lipinski definition) is 2. The van der Waals surface area contributed by atoms with E-state index in [2.05, 4.69) is 0 Å². The Labute approximate surface area is 83.5 Å². The number of hydrogen-bond acceptors (Lipinski definition) is 2. The van der Waals surface area contributed by atoms with Crippen LogP contribution in [0.15, 0.2) is 18.2 Å². The lowest BCUT2D eigenvalue weighted by atomic mass is 10.1. The van der Waals surface area contributed by atoms with Gasteiger partial charge in [-0.2, -0.15) is 13.2 Å². The zero-order chi connectivity index (χ0) is 10.1. The molecule has 0 radical (unpaired) electrons. The molecule has 7 heteroatoms. The minimum absolute atomic E-state index is 0. The predicted molar refractivity (Wildman–Crippen MR) is 46.5 cm³/mol. The summed E-state index contributed by atoms with van der Waals surface area (Å²) in [6.07, 6.45) is -4.74. The van der Waals surface area contributed by atoms with Gasteiger partial charge in [-0.3, -0.25) is 5.84 Å². The van der Waals surface area contributed by atoms with E-state index in [1.165, 1.54) is 0 Å². The largest absolute Gasteiger partial charge is 0.421 e. The number of hydrazine groups is 1. The van der Waals surface area contributed by atoms with E-state index in [0.717, 1.165) is 18.2 Å². The summed E-state index contributed by atoms with van der Waals surface area (Å²) in [5, 5.41) is 0. The molecule has 0 saturated carbocycles. The number of nitrogens with two attached hydrogens (primary N) is 1. The highest BCUT2D eigenvalue weighted by Gasteiger charge is 2.36. The van der Waals surface area contributed by atoms with Crippen LogP contribution in [0.2, 0.25) is 0 Å². The third-order valence-electron chi connectivity index (χ3n) is 1.45. The minimum Gasteiger partial charge on any atom is -0.323 e. The first-order valence-corrected chi connectivity index (χ1v) is 3.29. The second-order valence-electron chi connectivity index (χ2n) is 2.30. The third kappa shape index (κ3) is 2.49. The number of nitrogens with one attached hydrogen (secondary N) is 1. The van der Waals surface area contributed by atoms with Crippen LogP contribution in [0.25, 0.3) is 0 Å². The van der Waals surface area contributed by atoms with Gasteiger partial charge < -0.3 is 5.43 Å². The van der Waals surface area contributed by atoms with Gasteiger partial charge in [-0.15, -0.1) is 12.4 Å². The van der Waals surface area contributed by atoms with Crippen LogP contribution < -0.4 is 11.3 Å². The molecule has 0 heterocycles. The molecule has 0 atom stereocenters. The maximum absolute atomic E-state index is 12.7. The second-order valence-corrected chi connectivity index (χ2v) is 2.30. The molecule has 14 heavy (non-hydrogen) atoms. The van der Waals surface area contributed by atoms with Crippen molar-refractivity contribution in [2.75, 3.05) is 5.43 Å². The fourth-order valence-corrected chi connectivity index (χ4v) is 0.933. The quantitative estimate of drug-likeness (QED) is 0.442. The summed E-state index contributed by atoms with van der Waals surface area (Å²) in [6, 6.07) is 2.91. The standard InChI is InChI=1S/C7H6F4N2.ClH/c8-4-2-1-3-5(13-12)6(4)7(9,10)11;/h1-3,13H,12H2;1H. The highest BCUT2D eigenvalue weighted by atomic mass is 35.5. The van der Waals surface area contributed by atoms with Gasteiger partial charge in [0, 0.05) is 0 Å². The Kier molecular flexibility index (Phi) is 4.15. The molecule has 0 fully saturated rings. The smallest absolute Gasteiger partial charge is 0.323 e. The molecule has 0 bridgehead atoms. The molecule has 0 aliphatic rings. The lowest BCUT2D eigenvalue weighted by molar-refractivity contribution is -0.139. The molecule has 2 nitrogen and oxygen atoms in total. The van der Waals surface area contributed by atoms with E-state index in [4.69, 9.17) is 5.84 Å². The second kappa shape index (κ2) is 4.47. The Morgan fingerprint density at radius 2 is 1.79 bits per heavy atom. The molecule has 0 amide bonds. The van der Waals surface area contributed by atoms with Crippen molar-refractivity contribution in [3.8, 4) is 0 Å². The molecule has 1 rings (SSSR count). The molecule has 1 aromatic carbocycles. The Hall–Kier alpha value is -1.01. The SMILES string of the molecule is Cl.NNc1cccc(F)c1C(F)(F)F. The number of alkyl halides is 3. The third-order valence-corrected chi connectivity index (χ3v) is 1.45. The van der Waals surface area contributed by atoms with E-state index in [-0.39, 0.29) is 12.4 Å². The fraction of sp³-hybridized carbons (Fsp3) is 0.143. The van der Waals surface area contributed by atoms with Crippen molar-refractivity contribution in [2.24, 2.45) is 5.84 Å². The van der Waals surface area contributed by atoms with Crippen LogP contribution in [0.1, 0.15) is 5.56 Å². The van der Waals surface area contributed by atoms with E-state index in [9.17, 15) is 17.6 Å². The molecule has 0 spiro atoms. The maximum Gasteiger partial charge on any atom is 0.421 e. The van der Waals surface area contributed by atoms with E-state index in [0.29, 0.717) is 0 Å². The maximum atomic E-state index is 12.7. The first kappa shape index (κ1) is 13.0. The zero-order valence-electron chi connectivity index (χ0n) is 6.73. The summed E-state index contributed by atoms with van der Waals surface area (Å²) in [6.45, 7) is 0. The summed E-state index contributed by atoms with van der Waals surface area (Å²) in [4.78, 5) is 0. The Morgan fingerprint density at radius 1 is 1.21 bits per heavy atom. The van der Waals surface area contributed by atoms with Crippen molar-refractivity contribution < 1.29 is 17.6 Å². The first-order chi connectivity index (χ1) is 5.96. The van der Waals surface area contributed by atoms with E-state index in [1.807, 2.05) is 0 Å². The van der Waals surface area contributed by atoms with E-state index >= 15 is 0 Å². The Balaban J connectivity index is 0.00000169. The van der Waals surface area contributed by atoms with Gasteiger partial charge in [0.15, 0.2) is 0 Å². The number of nitrogen functional groups attached to an aromatic ring is 1. The molecular weight excluding hydrogens is 224 g/mol. The molecule has 0 aromatic heterocycles. The molecule has 3 N–H and O–H groups in total. The van der Waals surface area contributed by atoms with Crippen LogP contribution in [0.5, 0.6) is 0 Å². The molecule has 0 aliphatic heterocycles. The van der Waals surface area contributed by atoms with Crippen LogP contribution in [-0.2, 0) is 6.18 Å². The van der Waals surface area contributed by atoms with Crippen molar-refractivity contribution in [1.82, 2.24) is 0 Å². The number of rotatable bonds is 1. The van der Waals surface area contributed by atoms with Crippen LogP contribution in [-0.4, -0.2) is 0 Å². The highest BCUT2D eigenvalue weighted by Crippen LogP contribution is 2.36. The van der Waals surface area contributed by atoms with Crippen LogP contribution in [0.4, 0.5) is 23.2 Å². The van der Waals surface area contributed by atoms with Crippen LogP contribution >= 0.6 is 12.4 Å². The summed E-state index contributed by atoms with van der Waals surface area (Å²) >= 11 is 0. The Bertz CT molecular complexity index is 313. The average molecular weight is 231 g/mol. The van der Waals surface area contributed by atoms with Gasteiger partial charge in [-0.05, 0) is 12.1 Å². The van der Waals surface area contributed by atoms with Crippen LogP contribution in [0, 0.1) is 5.82 Å². The van der Waals surface area contributed by atoms with E-state index < -0.39 is 23.2 Å². The van der Waals surface area contributed by atoms with Gasteiger partial charge >= 0.3 is 6.18 Å². The Morgan fingerprint density at radius 3 is 2.14 bits per heavy atom. The summed E-state index contributed by atoms with van der Waals surface area (Å²) in [5.74, 6) is 3.46. The molecular formula is C7H7ClF4N2. The fourth-order valence-electron chi connectivity index (χ4n) is 0.933. The van der Waals surface area contributed by atoms with Gasteiger partial charge in [-0.25, -0.2) is 4.39 Å². The minimum atomic E-state index is -4.74. The van der Waals surface area contributed by atoms with Crippen LogP contribution in [0.3, 0.4) is 0 Å². The number of anilines is 1. The van der Waals surface area contributed by atoms with Gasteiger partial charge in [0.05, 0.1) is 5.69 Å². The molecule has 0 aliphatic carbocycles. The van der Waals surface area contributed by atoms with Gasteiger partial charge in [-0.1, -0.05) is 6.07 Å². The molecule has 0 saturated heterocycles. The zero-order valence-corrected chi connectivity index (χ0v) is 7.55. The van der Waals surface area contributed by atoms with Crippen molar-refractivity contribution >= 4 is 18.1 Å². The number of halogens is 5. The topological polar surface area (TPSA) is 38.0 Å². The lowest BCUT2D eigenvalue weighted by Gasteiger charge is -2.12. The lowest BCUT2D eigenvalue weighted by Crippen LogP contribution is -2.16. The van der Waals surface area contributed by atoms with Crippen molar-refractivity contribution in [1.29, 1.82) is 0 Å². The van der Waals surface area contributed by atoms with Gasteiger partial charge in [0.1, 0.15) is 11.4 Å². The summed E-state index contributed by atoms with van der Waals surface area (Å²) in [5.41, 5.74) is -0.0735. The van der Waals surface area contributed by atoms with E-state index in [1.54, 1.807) is 5.43 Å². The highest BCUT2D eigenvalue weighted by molar-refractivity contribution is 5.85. The normalized spacial score (nSPS) is 10.6. The summed E-state index contributed by atoms with van der Waals surface area (Å²) in [7, 11) is 0. The summed E-state index contributed by atoms with van der Waals surface area (Å²) < 4.78 is 49.2. The van der Waals surface area contributed by atoms with Gasteiger partial charge in [0.25, 0.3) is 0 Å². The van der Waals surface area contributed by atoms with Gasteiger partial charge in [0.2, 0.25) is 0 Å². The first-order valence-electron chi connectivity index (χ1n) is 3.29. The predicted octanol–water partition coefficient (Wildman–Crippen LogP) is 2.55. The monoisotopic (exact) mass is 230 g/mol. The molecule has 0 unspecified atom stereocenters. The molecule has 80 valence electrons. The van der Waals surface area contributed by atoms with Crippen molar-refractivity contribution in [2.45, 2.75) is 6.18 Å².